The molecule has 0 aliphatic carbocycles. The molecule has 0 saturated carbocycles. The van der Waals surface area contributed by atoms with Gasteiger partial charge in [0.25, 0.3) is 5.91 Å². The lowest BCUT2D eigenvalue weighted by molar-refractivity contribution is -0.917. The van der Waals surface area contributed by atoms with Gasteiger partial charge in [0.1, 0.15) is 6.54 Å². The fourth-order valence-electron chi connectivity index (χ4n) is 3.87. The fourth-order valence-corrected chi connectivity index (χ4v) is 3.87. The Bertz CT molecular complexity index is 1060. The Balaban J connectivity index is 1.42. The SMILES string of the molecule is COc1ccc(C[NH+]2CCN(C(=O)c3oc4c(F)cccc4c3C)CC2)cc1F. The quantitative estimate of drug-likeness (QED) is 0.731. The Morgan fingerprint density at radius 3 is 2.59 bits per heavy atom. The number of aryl methyl sites for hydroxylation is 1. The Kier molecular flexibility index (Phi) is 5.24. The molecule has 1 saturated heterocycles. The lowest BCUT2D eigenvalue weighted by atomic mass is 10.1. The standard InChI is InChI=1S/C22H22F2N2O3/c1-14-16-4-3-5-17(23)21(16)29-20(14)22(27)26-10-8-25(9-11-26)13-15-6-7-19(28-2)18(24)12-15/h3-7,12H,8-11,13H2,1-2H3/p+1. The molecule has 5 nitrogen and oxygen atoms in total. The van der Waals surface area contributed by atoms with Gasteiger partial charge in [0.05, 0.1) is 33.3 Å². The zero-order chi connectivity index (χ0) is 20.5. The first-order chi connectivity index (χ1) is 14.0. The number of hydrogen-bond donors (Lipinski definition) is 1. The van der Waals surface area contributed by atoms with Crippen molar-refractivity contribution in [2.75, 3.05) is 33.3 Å². The van der Waals surface area contributed by atoms with E-state index in [4.69, 9.17) is 9.15 Å². The number of carbonyl (C=O) groups is 1. The highest BCUT2D eigenvalue weighted by Crippen LogP contribution is 2.28. The van der Waals surface area contributed by atoms with E-state index in [0.29, 0.717) is 30.6 Å². The van der Waals surface area contributed by atoms with Crippen LogP contribution in [0.4, 0.5) is 8.78 Å². The molecule has 1 aromatic heterocycles. The van der Waals surface area contributed by atoms with Crippen molar-refractivity contribution < 1.29 is 27.6 Å². The number of rotatable bonds is 4. The third-order valence-corrected chi connectivity index (χ3v) is 5.54. The molecule has 1 amide bonds. The average molecular weight is 401 g/mol. The summed E-state index contributed by atoms with van der Waals surface area (Å²) in [5, 5.41) is 0.624. The number of methoxy groups -OCH3 is 1. The number of quaternary nitrogens is 1. The predicted molar refractivity (Wildman–Crippen MR) is 104 cm³/mol. The van der Waals surface area contributed by atoms with Gasteiger partial charge in [0.2, 0.25) is 0 Å². The Morgan fingerprint density at radius 1 is 1.17 bits per heavy atom. The molecule has 0 spiro atoms. The van der Waals surface area contributed by atoms with E-state index in [2.05, 4.69) is 0 Å². The number of amides is 1. The molecule has 0 unspecified atom stereocenters. The molecule has 7 heteroatoms. The van der Waals surface area contributed by atoms with Crippen LogP contribution in [0.3, 0.4) is 0 Å². The first kappa shape index (κ1) is 19.4. The lowest BCUT2D eigenvalue weighted by Gasteiger charge is -2.32. The normalized spacial score (nSPS) is 15.1. The number of carbonyl (C=O) groups excluding carboxylic acids is 1. The summed E-state index contributed by atoms with van der Waals surface area (Å²) in [4.78, 5) is 15.9. The van der Waals surface area contributed by atoms with Crippen LogP contribution in [0.15, 0.2) is 40.8 Å². The van der Waals surface area contributed by atoms with E-state index >= 15 is 0 Å². The monoisotopic (exact) mass is 401 g/mol. The molecule has 1 N–H and O–H groups in total. The average Bonchev–Trinajstić information content (AvgIpc) is 3.06. The molecule has 1 aliphatic rings. The van der Waals surface area contributed by atoms with Crippen molar-refractivity contribution >= 4 is 16.9 Å². The molecule has 29 heavy (non-hydrogen) atoms. The van der Waals surface area contributed by atoms with Gasteiger partial charge in [-0.25, -0.2) is 8.78 Å². The molecule has 0 atom stereocenters. The Labute approximate surface area is 167 Å². The molecule has 4 rings (SSSR count). The van der Waals surface area contributed by atoms with Crippen LogP contribution in [0.25, 0.3) is 11.0 Å². The summed E-state index contributed by atoms with van der Waals surface area (Å²) in [5.41, 5.74) is 1.67. The van der Waals surface area contributed by atoms with E-state index in [0.717, 1.165) is 18.7 Å². The first-order valence-corrected chi connectivity index (χ1v) is 9.61. The summed E-state index contributed by atoms with van der Waals surface area (Å²) >= 11 is 0. The van der Waals surface area contributed by atoms with Gasteiger partial charge in [0, 0.05) is 16.5 Å². The Morgan fingerprint density at radius 2 is 1.93 bits per heavy atom. The van der Waals surface area contributed by atoms with Crippen LogP contribution in [0.2, 0.25) is 0 Å². The number of ether oxygens (including phenoxy) is 1. The number of hydrogen-bond acceptors (Lipinski definition) is 3. The summed E-state index contributed by atoms with van der Waals surface area (Å²) in [6.45, 7) is 5.06. The summed E-state index contributed by atoms with van der Waals surface area (Å²) in [6, 6.07) is 9.67. The van der Waals surface area contributed by atoms with Crippen molar-refractivity contribution in [1.29, 1.82) is 0 Å². The van der Waals surface area contributed by atoms with Crippen LogP contribution in [0.1, 0.15) is 21.7 Å². The van der Waals surface area contributed by atoms with E-state index in [1.807, 2.05) is 6.07 Å². The van der Waals surface area contributed by atoms with Gasteiger partial charge in [-0.15, -0.1) is 0 Å². The zero-order valence-electron chi connectivity index (χ0n) is 16.4. The van der Waals surface area contributed by atoms with Gasteiger partial charge in [-0.05, 0) is 31.2 Å². The number of halogens is 2. The second-order valence-electron chi connectivity index (χ2n) is 7.36. The van der Waals surface area contributed by atoms with Gasteiger partial charge in [-0.2, -0.15) is 0 Å². The van der Waals surface area contributed by atoms with Crippen molar-refractivity contribution in [1.82, 2.24) is 4.90 Å². The molecule has 152 valence electrons. The number of nitrogens with zero attached hydrogens (tertiary/aromatic N) is 1. The van der Waals surface area contributed by atoms with E-state index in [1.54, 1.807) is 30.0 Å². The summed E-state index contributed by atoms with van der Waals surface area (Å²) in [6.07, 6.45) is 0. The maximum absolute atomic E-state index is 14.0. The number of benzene rings is 2. The lowest BCUT2D eigenvalue weighted by Crippen LogP contribution is -3.13. The highest BCUT2D eigenvalue weighted by atomic mass is 19.1. The second kappa shape index (κ2) is 7.83. The van der Waals surface area contributed by atoms with Crippen LogP contribution in [0.5, 0.6) is 5.75 Å². The van der Waals surface area contributed by atoms with Crippen molar-refractivity contribution in [2.45, 2.75) is 13.5 Å². The van der Waals surface area contributed by atoms with Crippen molar-refractivity contribution in [3.63, 3.8) is 0 Å². The highest BCUT2D eigenvalue weighted by Gasteiger charge is 2.29. The molecule has 1 fully saturated rings. The maximum Gasteiger partial charge on any atom is 0.290 e. The van der Waals surface area contributed by atoms with Gasteiger partial charge in [-0.3, -0.25) is 4.79 Å². The maximum atomic E-state index is 14.0. The topological polar surface area (TPSA) is 47.1 Å². The second-order valence-corrected chi connectivity index (χ2v) is 7.36. The van der Waals surface area contributed by atoms with Gasteiger partial charge >= 0.3 is 0 Å². The molecule has 3 aromatic rings. The molecule has 0 bridgehead atoms. The van der Waals surface area contributed by atoms with Crippen LogP contribution < -0.4 is 9.64 Å². The zero-order valence-corrected chi connectivity index (χ0v) is 16.4. The van der Waals surface area contributed by atoms with Gasteiger partial charge in [0.15, 0.2) is 28.7 Å². The number of fused-ring (bicyclic) bond motifs is 1. The number of piperazine rings is 1. The van der Waals surface area contributed by atoms with E-state index in [9.17, 15) is 13.6 Å². The molecule has 2 heterocycles. The minimum absolute atomic E-state index is 0.124. The smallest absolute Gasteiger partial charge is 0.290 e. The van der Waals surface area contributed by atoms with E-state index in [-0.39, 0.29) is 28.8 Å². The summed E-state index contributed by atoms with van der Waals surface area (Å²) < 4.78 is 38.4. The molecular weight excluding hydrogens is 378 g/mol. The Hall–Kier alpha value is -2.93. The highest BCUT2D eigenvalue weighted by molar-refractivity contribution is 5.99. The van der Waals surface area contributed by atoms with Crippen LogP contribution in [0, 0.1) is 18.6 Å². The van der Waals surface area contributed by atoms with Gasteiger partial charge in [-0.1, -0.05) is 12.1 Å². The van der Waals surface area contributed by atoms with Crippen molar-refractivity contribution in [3.8, 4) is 5.75 Å². The minimum Gasteiger partial charge on any atom is -0.494 e. The fraction of sp³-hybridized carbons (Fsp3) is 0.318. The third kappa shape index (κ3) is 3.70. The van der Waals surface area contributed by atoms with E-state index < -0.39 is 5.82 Å². The predicted octanol–water partition coefficient (Wildman–Crippen LogP) is 2.57. The van der Waals surface area contributed by atoms with E-state index in [1.165, 1.54) is 24.1 Å². The largest absolute Gasteiger partial charge is 0.494 e. The number of nitrogens with one attached hydrogen (secondary N) is 1. The summed E-state index contributed by atoms with van der Waals surface area (Å²) in [5.74, 6) is -0.619. The van der Waals surface area contributed by atoms with Crippen LogP contribution in [-0.4, -0.2) is 44.1 Å². The third-order valence-electron chi connectivity index (χ3n) is 5.54. The molecule has 1 aliphatic heterocycles. The van der Waals surface area contributed by atoms with Crippen LogP contribution >= 0.6 is 0 Å². The van der Waals surface area contributed by atoms with Crippen molar-refractivity contribution in [3.05, 3.63) is 64.9 Å². The molecule has 2 aromatic carbocycles. The first-order valence-electron chi connectivity index (χ1n) is 9.61. The number of para-hydroxylation sites is 1. The minimum atomic E-state index is -0.467. The summed E-state index contributed by atoms with van der Waals surface area (Å²) in [7, 11) is 1.44. The molecular formula is C22H23F2N2O3+. The molecule has 0 radical (unpaired) electrons. The van der Waals surface area contributed by atoms with Crippen molar-refractivity contribution in [2.24, 2.45) is 0 Å². The van der Waals surface area contributed by atoms with Crippen LogP contribution in [-0.2, 0) is 6.54 Å². The number of furan rings is 1. The van der Waals surface area contributed by atoms with Gasteiger partial charge < -0.3 is 19.0 Å².